The number of benzene rings is 5. The van der Waals surface area contributed by atoms with Crippen molar-refractivity contribution in [3.63, 3.8) is 0 Å². The highest BCUT2D eigenvalue weighted by Crippen LogP contribution is 2.48. The van der Waals surface area contributed by atoms with E-state index in [1.54, 1.807) is 73.7 Å². The number of aryl methyl sites for hydroxylation is 1. The number of carbonyl (C=O) groups excluding carboxylic acids is 3. The van der Waals surface area contributed by atoms with E-state index in [9.17, 15) is 18.0 Å². The van der Waals surface area contributed by atoms with Gasteiger partial charge in [-0.15, -0.1) is 0 Å². The van der Waals surface area contributed by atoms with E-state index in [0.717, 1.165) is 21.9 Å². The molecule has 10 heteroatoms. The van der Waals surface area contributed by atoms with E-state index in [4.69, 9.17) is 4.74 Å². The van der Waals surface area contributed by atoms with Gasteiger partial charge in [-0.3, -0.25) is 9.59 Å². The zero-order valence-corrected chi connectivity index (χ0v) is 27.6. The molecule has 0 bridgehead atoms. The summed E-state index contributed by atoms with van der Waals surface area (Å²) in [5.41, 5.74) is -2.15. The van der Waals surface area contributed by atoms with Crippen LogP contribution in [0.15, 0.2) is 126 Å². The number of amides is 2. The number of ether oxygens (including phenoxy) is 1. The number of esters is 1. The third kappa shape index (κ3) is 5.52. The number of sulfonamides is 1. The van der Waals surface area contributed by atoms with Gasteiger partial charge in [0.1, 0.15) is 0 Å². The minimum Gasteiger partial charge on any atom is -0.465 e. The van der Waals surface area contributed by atoms with E-state index >= 15 is 4.79 Å². The molecule has 2 atom stereocenters. The van der Waals surface area contributed by atoms with E-state index in [0.29, 0.717) is 5.69 Å². The molecule has 0 saturated carbocycles. The molecule has 0 aromatic heterocycles. The van der Waals surface area contributed by atoms with Crippen molar-refractivity contribution >= 4 is 44.3 Å². The number of hydrogen-bond donors (Lipinski definition) is 2. The van der Waals surface area contributed by atoms with Gasteiger partial charge in [-0.1, -0.05) is 96.6 Å². The van der Waals surface area contributed by atoms with Gasteiger partial charge in [-0.25, -0.2) is 13.2 Å². The van der Waals surface area contributed by atoms with Gasteiger partial charge >= 0.3 is 5.97 Å². The van der Waals surface area contributed by atoms with Crippen molar-refractivity contribution < 1.29 is 27.5 Å². The average molecular weight is 662 g/mol. The maximum absolute atomic E-state index is 15.3. The summed E-state index contributed by atoms with van der Waals surface area (Å²) in [5.74, 6) is -2.43. The zero-order valence-electron chi connectivity index (χ0n) is 26.8. The minimum absolute atomic E-state index is 0.0732. The Bertz CT molecular complexity index is 2130. The molecule has 1 aliphatic rings. The topological polar surface area (TPSA) is 122 Å². The lowest BCUT2D eigenvalue weighted by Gasteiger charge is -2.43. The lowest BCUT2D eigenvalue weighted by molar-refractivity contribution is -0.156. The number of anilines is 1. The van der Waals surface area contributed by atoms with Crippen LogP contribution in [-0.2, 0) is 36.4 Å². The third-order valence-electron chi connectivity index (χ3n) is 8.81. The molecule has 0 fully saturated rings. The fourth-order valence-electron chi connectivity index (χ4n) is 6.36. The highest BCUT2D eigenvalue weighted by molar-refractivity contribution is 7.89. The molecular weight excluding hydrogens is 627 g/mol. The molecule has 1 heterocycles. The van der Waals surface area contributed by atoms with E-state index in [1.807, 2.05) is 49.4 Å². The van der Waals surface area contributed by atoms with E-state index in [-0.39, 0.29) is 29.2 Å². The Morgan fingerprint density at radius 2 is 1.48 bits per heavy atom. The number of nitrogens with one attached hydrogen (secondary N) is 2. The predicted octanol–water partition coefficient (Wildman–Crippen LogP) is 5.62. The van der Waals surface area contributed by atoms with Gasteiger partial charge in [0.15, 0.2) is 11.1 Å². The van der Waals surface area contributed by atoms with Crippen LogP contribution in [0.3, 0.4) is 0 Å². The van der Waals surface area contributed by atoms with Crippen LogP contribution in [0.2, 0.25) is 0 Å². The molecule has 244 valence electrons. The molecule has 0 radical (unpaired) electrons. The summed E-state index contributed by atoms with van der Waals surface area (Å²) < 4.78 is 36.3. The lowest BCUT2D eigenvalue weighted by Crippen LogP contribution is -2.74. The molecule has 0 saturated heterocycles. The van der Waals surface area contributed by atoms with Crippen LogP contribution >= 0.6 is 0 Å². The first kappa shape index (κ1) is 32.6. The molecule has 6 rings (SSSR count). The molecule has 48 heavy (non-hydrogen) atoms. The van der Waals surface area contributed by atoms with Crippen molar-refractivity contribution in [1.82, 2.24) is 10.0 Å². The summed E-state index contributed by atoms with van der Waals surface area (Å²) in [6.07, 6.45) is 0. The predicted molar refractivity (Wildman–Crippen MR) is 184 cm³/mol. The second-order valence-electron chi connectivity index (χ2n) is 11.9. The first-order valence-corrected chi connectivity index (χ1v) is 17.0. The molecule has 2 amide bonds. The van der Waals surface area contributed by atoms with Crippen molar-refractivity contribution in [2.75, 3.05) is 11.5 Å². The first-order chi connectivity index (χ1) is 23.0. The van der Waals surface area contributed by atoms with Gasteiger partial charge in [-0.05, 0) is 67.4 Å². The molecule has 2 N–H and O–H groups in total. The van der Waals surface area contributed by atoms with Crippen LogP contribution < -0.4 is 14.9 Å². The van der Waals surface area contributed by atoms with Crippen molar-refractivity contribution in [1.29, 1.82) is 0 Å². The summed E-state index contributed by atoms with van der Waals surface area (Å²) in [5, 5.41) is 4.77. The van der Waals surface area contributed by atoms with Crippen LogP contribution in [-0.4, -0.2) is 38.3 Å². The van der Waals surface area contributed by atoms with Crippen LogP contribution in [0, 0.1) is 6.92 Å². The van der Waals surface area contributed by atoms with Gasteiger partial charge in [0.2, 0.25) is 10.0 Å². The van der Waals surface area contributed by atoms with Crippen LogP contribution in [0.4, 0.5) is 5.69 Å². The summed E-state index contributed by atoms with van der Waals surface area (Å²) >= 11 is 0. The Balaban J connectivity index is 1.58. The summed E-state index contributed by atoms with van der Waals surface area (Å²) in [7, 11) is -4.48. The molecule has 0 unspecified atom stereocenters. The smallest absolute Gasteiger partial charge is 0.330 e. The van der Waals surface area contributed by atoms with Crippen LogP contribution in [0.1, 0.15) is 40.9 Å². The Morgan fingerprint density at radius 1 is 0.833 bits per heavy atom. The van der Waals surface area contributed by atoms with Crippen molar-refractivity contribution in [3.8, 4) is 0 Å². The minimum atomic E-state index is -4.48. The number of para-hydroxylation sites is 1. The highest BCUT2D eigenvalue weighted by atomic mass is 32.2. The third-order valence-corrected chi connectivity index (χ3v) is 10.4. The van der Waals surface area contributed by atoms with Gasteiger partial charge in [0, 0.05) is 11.1 Å². The van der Waals surface area contributed by atoms with Crippen LogP contribution in [0.25, 0.3) is 10.8 Å². The average Bonchev–Trinajstić information content (AvgIpc) is 3.32. The number of carbonyl (C=O) groups is 3. The number of hydrogen-bond acceptors (Lipinski definition) is 6. The number of fused-ring (bicyclic) bond motifs is 2. The molecule has 0 spiro atoms. The Morgan fingerprint density at radius 3 is 2.21 bits per heavy atom. The maximum Gasteiger partial charge on any atom is 0.330 e. The Kier molecular flexibility index (Phi) is 8.63. The molecule has 9 nitrogen and oxygen atoms in total. The van der Waals surface area contributed by atoms with Crippen molar-refractivity contribution in [2.24, 2.45) is 0 Å². The monoisotopic (exact) mass is 661 g/mol. The molecule has 1 aliphatic heterocycles. The fourth-order valence-corrected chi connectivity index (χ4v) is 7.75. The first-order valence-electron chi connectivity index (χ1n) is 15.6. The van der Waals surface area contributed by atoms with Crippen molar-refractivity contribution in [2.45, 2.75) is 43.3 Å². The Hall–Kier alpha value is -5.32. The SMILES string of the molecule is CCOC(=O)[C@](C)(NS(=O)(=O)c1ccc(C)cc1)[C@@]1(NC(=O)c2ccccc2)C(=O)N(Cc2cccc3ccccc23)c2ccccc21. The van der Waals surface area contributed by atoms with E-state index < -0.39 is 38.9 Å². The molecular formula is C38H35N3O6S. The van der Waals surface area contributed by atoms with Gasteiger partial charge in [-0.2, -0.15) is 4.72 Å². The van der Waals surface area contributed by atoms with E-state index in [1.165, 1.54) is 24.0 Å². The van der Waals surface area contributed by atoms with Gasteiger partial charge < -0.3 is 15.0 Å². The van der Waals surface area contributed by atoms with Crippen LogP contribution in [0.5, 0.6) is 0 Å². The lowest BCUT2D eigenvalue weighted by atomic mass is 9.73. The Labute approximate surface area is 279 Å². The maximum atomic E-state index is 15.3. The highest BCUT2D eigenvalue weighted by Gasteiger charge is 2.67. The van der Waals surface area contributed by atoms with Gasteiger partial charge in [0.05, 0.1) is 23.7 Å². The van der Waals surface area contributed by atoms with Crippen molar-refractivity contribution in [3.05, 3.63) is 144 Å². The summed E-state index contributed by atoms with van der Waals surface area (Å²) in [6.45, 7) is 4.65. The van der Waals surface area contributed by atoms with E-state index in [2.05, 4.69) is 10.0 Å². The largest absolute Gasteiger partial charge is 0.465 e. The second kappa shape index (κ2) is 12.7. The zero-order chi connectivity index (χ0) is 34.1. The number of rotatable bonds is 10. The quantitative estimate of drug-likeness (QED) is 0.188. The van der Waals surface area contributed by atoms with Gasteiger partial charge in [0.25, 0.3) is 11.8 Å². The fraction of sp³-hybridized carbons (Fsp3) is 0.184. The standard InChI is InChI=1S/C38H35N3O6S/c1-4-47-36(44)37(3,40-48(45,46)30-23-21-26(2)22-24-30)38(39-34(42)28-14-6-5-7-15-28)32-19-10-11-20-33(32)41(35(38)43)25-29-17-12-16-27-13-8-9-18-31(27)29/h5-24,40H,4,25H2,1-3H3,(H,39,42)/t37-,38-/m0/s1. The molecule has 5 aromatic carbocycles. The summed E-state index contributed by atoms with van der Waals surface area (Å²) in [6, 6.07) is 34.6. The number of nitrogens with zero attached hydrogens (tertiary/aromatic N) is 1. The molecule has 0 aliphatic carbocycles. The normalized spacial score (nSPS) is 17.1. The summed E-state index contributed by atoms with van der Waals surface area (Å²) in [4.78, 5) is 45.0. The molecule has 5 aromatic rings. The second-order valence-corrected chi connectivity index (χ2v) is 13.6.